The molecule has 0 saturated carbocycles. The van der Waals surface area contributed by atoms with Crippen LogP contribution in [-0.4, -0.2) is 18.4 Å². The predicted octanol–water partition coefficient (Wildman–Crippen LogP) is 5.82. The number of carbonyl (C=O) groups is 2. The molecular weight excluding hydrogens is 388 g/mol. The minimum absolute atomic E-state index is 0.0704. The van der Waals surface area contributed by atoms with Crippen LogP contribution in [0.25, 0.3) is 0 Å². The Kier molecular flexibility index (Phi) is 6.59. The van der Waals surface area contributed by atoms with E-state index >= 15 is 0 Å². The SMILES string of the molecule is Cc1ccc(OCC(=O)Oc2ccc(C(=O)c3ccccc3)cc2C)c(C(C)(C)C)c1. The number of hydrogen-bond donors (Lipinski definition) is 0. The monoisotopic (exact) mass is 416 g/mol. The molecule has 4 nitrogen and oxygen atoms in total. The molecule has 0 aliphatic rings. The predicted molar refractivity (Wildman–Crippen MR) is 122 cm³/mol. The first-order valence-corrected chi connectivity index (χ1v) is 10.3. The van der Waals surface area contributed by atoms with E-state index in [1.165, 1.54) is 0 Å². The normalized spacial score (nSPS) is 11.1. The summed E-state index contributed by atoms with van der Waals surface area (Å²) in [6.45, 7) is 9.96. The van der Waals surface area contributed by atoms with E-state index in [-0.39, 0.29) is 17.8 Å². The molecule has 4 heteroatoms. The molecule has 3 aromatic carbocycles. The highest BCUT2D eigenvalue weighted by Gasteiger charge is 2.20. The summed E-state index contributed by atoms with van der Waals surface area (Å²) in [4.78, 5) is 25.0. The molecule has 0 aliphatic heterocycles. The third-order valence-electron chi connectivity index (χ3n) is 4.99. The van der Waals surface area contributed by atoms with Gasteiger partial charge in [-0.2, -0.15) is 0 Å². The second-order valence-electron chi connectivity index (χ2n) is 8.69. The second kappa shape index (κ2) is 9.17. The van der Waals surface area contributed by atoms with Crippen LogP contribution in [0.3, 0.4) is 0 Å². The fraction of sp³-hybridized carbons (Fsp3) is 0.259. The van der Waals surface area contributed by atoms with Crippen molar-refractivity contribution in [2.24, 2.45) is 0 Å². The highest BCUT2D eigenvalue weighted by atomic mass is 16.6. The van der Waals surface area contributed by atoms with Crippen LogP contribution in [0.4, 0.5) is 0 Å². The van der Waals surface area contributed by atoms with Crippen LogP contribution in [0.1, 0.15) is 53.4 Å². The van der Waals surface area contributed by atoms with E-state index < -0.39 is 5.97 Å². The molecule has 160 valence electrons. The minimum Gasteiger partial charge on any atom is -0.482 e. The third kappa shape index (κ3) is 5.60. The molecule has 0 unspecified atom stereocenters. The molecule has 0 saturated heterocycles. The molecule has 0 aromatic heterocycles. The average molecular weight is 417 g/mol. The number of carbonyl (C=O) groups excluding carboxylic acids is 2. The number of esters is 1. The zero-order valence-electron chi connectivity index (χ0n) is 18.7. The fourth-order valence-electron chi connectivity index (χ4n) is 3.31. The van der Waals surface area contributed by atoms with Crippen LogP contribution in [0.5, 0.6) is 11.5 Å². The van der Waals surface area contributed by atoms with Gasteiger partial charge in [0.05, 0.1) is 0 Å². The largest absolute Gasteiger partial charge is 0.482 e. The van der Waals surface area contributed by atoms with Gasteiger partial charge in [0.2, 0.25) is 0 Å². The van der Waals surface area contributed by atoms with Crippen molar-refractivity contribution in [1.29, 1.82) is 0 Å². The highest BCUT2D eigenvalue weighted by molar-refractivity contribution is 6.09. The van der Waals surface area contributed by atoms with E-state index in [0.29, 0.717) is 28.2 Å². The summed E-state index contributed by atoms with van der Waals surface area (Å²) in [7, 11) is 0. The standard InChI is InChI=1S/C27H28O4/c1-18-11-13-24(22(15-18)27(3,4)5)30-17-25(28)31-23-14-12-21(16-19(23)2)26(29)20-9-7-6-8-10-20/h6-16H,17H2,1-5H3. The molecule has 0 heterocycles. The maximum Gasteiger partial charge on any atom is 0.349 e. The van der Waals surface area contributed by atoms with E-state index in [2.05, 4.69) is 26.8 Å². The first kappa shape index (κ1) is 22.3. The number of aryl methyl sites for hydroxylation is 2. The van der Waals surface area contributed by atoms with Crippen molar-refractivity contribution in [2.45, 2.75) is 40.0 Å². The first-order chi connectivity index (χ1) is 14.6. The molecule has 0 atom stereocenters. The van der Waals surface area contributed by atoms with Gasteiger partial charge in [0.15, 0.2) is 12.4 Å². The van der Waals surface area contributed by atoms with Crippen molar-refractivity contribution < 1.29 is 19.1 Å². The Bertz CT molecular complexity index is 1090. The molecular formula is C27H28O4. The molecule has 0 aliphatic carbocycles. The maximum absolute atomic E-state index is 12.6. The topological polar surface area (TPSA) is 52.6 Å². The lowest BCUT2D eigenvalue weighted by atomic mass is 9.85. The molecule has 0 N–H and O–H groups in total. The van der Waals surface area contributed by atoms with Crippen LogP contribution in [0, 0.1) is 13.8 Å². The van der Waals surface area contributed by atoms with E-state index in [1.54, 1.807) is 30.3 Å². The molecule has 31 heavy (non-hydrogen) atoms. The van der Waals surface area contributed by atoms with Crippen LogP contribution in [0.2, 0.25) is 0 Å². The molecule has 0 bridgehead atoms. The van der Waals surface area contributed by atoms with Crippen molar-refractivity contribution in [3.8, 4) is 11.5 Å². The van der Waals surface area contributed by atoms with Crippen molar-refractivity contribution in [3.63, 3.8) is 0 Å². The fourth-order valence-corrected chi connectivity index (χ4v) is 3.31. The average Bonchev–Trinajstić information content (AvgIpc) is 2.73. The molecule has 0 amide bonds. The van der Waals surface area contributed by atoms with E-state index in [1.807, 2.05) is 44.2 Å². The van der Waals surface area contributed by atoms with Gasteiger partial charge in [-0.1, -0.05) is 68.8 Å². The smallest absolute Gasteiger partial charge is 0.349 e. The summed E-state index contributed by atoms with van der Waals surface area (Å²) in [5, 5.41) is 0. The van der Waals surface area contributed by atoms with Crippen molar-refractivity contribution in [2.75, 3.05) is 6.61 Å². The zero-order valence-corrected chi connectivity index (χ0v) is 18.7. The van der Waals surface area contributed by atoms with Crippen LogP contribution >= 0.6 is 0 Å². The quantitative estimate of drug-likeness (QED) is 0.289. The summed E-state index contributed by atoms with van der Waals surface area (Å²) >= 11 is 0. The summed E-state index contributed by atoms with van der Waals surface area (Å²) in [6, 6.07) is 20.1. The first-order valence-electron chi connectivity index (χ1n) is 10.3. The summed E-state index contributed by atoms with van der Waals surface area (Å²) < 4.78 is 11.3. The lowest BCUT2D eigenvalue weighted by Crippen LogP contribution is -2.20. The van der Waals surface area contributed by atoms with Gasteiger partial charge in [-0.25, -0.2) is 4.79 Å². The summed E-state index contributed by atoms with van der Waals surface area (Å²) in [6.07, 6.45) is 0. The van der Waals surface area contributed by atoms with E-state index in [4.69, 9.17) is 9.47 Å². The number of hydrogen-bond acceptors (Lipinski definition) is 4. The number of ether oxygens (including phenoxy) is 2. The lowest BCUT2D eigenvalue weighted by molar-refractivity contribution is -0.136. The van der Waals surface area contributed by atoms with Gasteiger partial charge in [0.1, 0.15) is 11.5 Å². The third-order valence-corrected chi connectivity index (χ3v) is 4.99. The molecule has 0 radical (unpaired) electrons. The lowest BCUT2D eigenvalue weighted by Gasteiger charge is -2.23. The Morgan fingerprint density at radius 1 is 0.806 bits per heavy atom. The van der Waals surface area contributed by atoms with E-state index in [0.717, 1.165) is 11.1 Å². The Hall–Kier alpha value is -3.40. The molecule has 3 aromatic rings. The molecule has 0 spiro atoms. The Labute approximate surface area is 183 Å². The number of ketones is 1. The summed E-state index contributed by atoms with van der Waals surface area (Å²) in [5.41, 5.74) is 3.95. The number of benzene rings is 3. The van der Waals surface area contributed by atoms with Crippen LogP contribution < -0.4 is 9.47 Å². The van der Waals surface area contributed by atoms with Crippen molar-refractivity contribution in [3.05, 3.63) is 94.5 Å². The summed E-state index contributed by atoms with van der Waals surface area (Å²) in [5.74, 6) is 0.526. The van der Waals surface area contributed by atoms with Gasteiger partial charge in [-0.3, -0.25) is 4.79 Å². The van der Waals surface area contributed by atoms with Gasteiger partial charge in [0.25, 0.3) is 0 Å². The minimum atomic E-state index is -0.495. The maximum atomic E-state index is 12.6. The van der Waals surface area contributed by atoms with Crippen LogP contribution in [0.15, 0.2) is 66.7 Å². The van der Waals surface area contributed by atoms with Gasteiger partial charge in [-0.05, 0) is 54.7 Å². The molecule has 3 rings (SSSR count). The Morgan fingerprint density at radius 3 is 2.13 bits per heavy atom. The second-order valence-corrected chi connectivity index (χ2v) is 8.69. The van der Waals surface area contributed by atoms with Gasteiger partial charge >= 0.3 is 5.97 Å². The van der Waals surface area contributed by atoms with E-state index in [9.17, 15) is 9.59 Å². The van der Waals surface area contributed by atoms with Gasteiger partial charge in [-0.15, -0.1) is 0 Å². The van der Waals surface area contributed by atoms with Crippen LogP contribution in [-0.2, 0) is 10.2 Å². The Morgan fingerprint density at radius 2 is 1.48 bits per heavy atom. The molecule has 0 fully saturated rings. The highest BCUT2D eigenvalue weighted by Crippen LogP contribution is 2.32. The number of rotatable bonds is 6. The van der Waals surface area contributed by atoms with Crippen molar-refractivity contribution in [1.82, 2.24) is 0 Å². The zero-order chi connectivity index (χ0) is 22.6. The Balaban J connectivity index is 1.67. The van der Waals surface area contributed by atoms with Gasteiger partial charge in [0, 0.05) is 11.1 Å². The van der Waals surface area contributed by atoms with Crippen molar-refractivity contribution >= 4 is 11.8 Å². The van der Waals surface area contributed by atoms with Gasteiger partial charge < -0.3 is 9.47 Å².